The summed E-state index contributed by atoms with van der Waals surface area (Å²) in [7, 11) is 1.66. The third-order valence-electron chi connectivity index (χ3n) is 5.15. The number of nitrogens with zero attached hydrogens (tertiary/aromatic N) is 2. The van der Waals surface area contributed by atoms with Crippen LogP contribution < -0.4 is 10.1 Å². The van der Waals surface area contributed by atoms with Crippen molar-refractivity contribution < 1.29 is 9.53 Å². The number of amides is 1. The highest BCUT2D eigenvalue weighted by Crippen LogP contribution is 2.19. The fraction of sp³-hybridized carbons (Fsp3) is 0.455. The third-order valence-corrected chi connectivity index (χ3v) is 5.15. The number of benzene rings is 1. The van der Waals surface area contributed by atoms with Gasteiger partial charge in [0.05, 0.1) is 19.3 Å². The molecule has 1 saturated heterocycles. The smallest absolute Gasteiger partial charge is 0.223 e. The van der Waals surface area contributed by atoms with E-state index >= 15 is 0 Å². The summed E-state index contributed by atoms with van der Waals surface area (Å²) in [6.45, 7) is 2.59. The maximum absolute atomic E-state index is 13.1. The molecule has 2 aromatic rings. The van der Waals surface area contributed by atoms with Crippen molar-refractivity contribution in [2.45, 2.75) is 44.7 Å². The molecule has 0 spiro atoms. The largest absolute Gasteiger partial charge is 0.497 e. The molecule has 5 nitrogen and oxygen atoms in total. The monoisotopic (exact) mass is 367 g/mol. The van der Waals surface area contributed by atoms with Gasteiger partial charge in [0.1, 0.15) is 5.75 Å². The molecule has 1 aliphatic heterocycles. The number of rotatable bonds is 7. The molecule has 2 heterocycles. The maximum Gasteiger partial charge on any atom is 0.223 e. The average molecular weight is 367 g/mol. The maximum atomic E-state index is 13.1. The zero-order valence-electron chi connectivity index (χ0n) is 16.1. The van der Waals surface area contributed by atoms with Crippen LogP contribution in [0.3, 0.4) is 0 Å². The summed E-state index contributed by atoms with van der Waals surface area (Å²) < 4.78 is 5.20. The highest BCUT2D eigenvalue weighted by Gasteiger charge is 2.24. The number of aromatic nitrogens is 1. The first-order valence-corrected chi connectivity index (χ1v) is 9.79. The first kappa shape index (κ1) is 19.4. The molecule has 1 aliphatic rings. The summed E-state index contributed by atoms with van der Waals surface area (Å²) in [6, 6.07) is 14.1. The van der Waals surface area contributed by atoms with Crippen LogP contribution in [0.1, 0.15) is 36.9 Å². The minimum atomic E-state index is 0.211. The van der Waals surface area contributed by atoms with Crippen LogP contribution in [0.5, 0.6) is 5.75 Å². The van der Waals surface area contributed by atoms with Gasteiger partial charge in [-0.05, 0) is 68.6 Å². The molecular formula is C22H29N3O2. The number of methoxy groups -OCH3 is 1. The summed E-state index contributed by atoms with van der Waals surface area (Å²) in [6.07, 6.45) is 6.21. The van der Waals surface area contributed by atoms with E-state index in [0.29, 0.717) is 13.0 Å². The minimum absolute atomic E-state index is 0.211. The van der Waals surface area contributed by atoms with Gasteiger partial charge in [-0.1, -0.05) is 18.2 Å². The molecule has 144 valence electrons. The zero-order valence-corrected chi connectivity index (χ0v) is 16.1. The molecule has 1 fully saturated rings. The van der Waals surface area contributed by atoms with Gasteiger partial charge in [-0.25, -0.2) is 0 Å². The van der Waals surface area contributed by atoms with Crippen LogP contribution in [-0.4, -0.2) is 42.0 Å². The molecule has 0 radical (unpaired) electrons. The molecule has 0 saturated carbocycles. The normalized spacial score (nSPS) is 17.1. The number of hydrogen-bond acceptors (Lipinski definition) is 4. The Morgan fingerprint density at radius 1 is 1.19 bits per heavy atom. The van der Waals surface area contributed by atoms with E-state index in [1.54, 1.807) is 13.3 Å². The lowest BCUT2D eigenvalue weighted by Gasteiger charge is -2.31. The van der Waals surface area contributed by atoms with Crippen LogP contribution in [0.2, 0.25) is 0 Å². The standard InChI is InChI=1S/C22H29N3O2/c1-27-21-10-7-18(8-11-21)9-12-22(26)25(17-19-5-2-3-15-24-19)20-6-4-14-23-16-13-20/h2-3,5,7-8,10-11,15,20,23H,4,6,9,12-14,16-17H2,1H3. The molecule has 27 heavy (non-hydrogen) atoms. The number of nitrogens with one attached hydrogen (secondary N) is 1. The molecule has 1 aromatic heterocycles. The van der Waals surface area contributed by atoms with Crippen LogP contribution in [0.4, 0.5) is 0 Å². The quantitative estimate of drug-likeness (QED) is 0.817. The predicted octanol–water partition coefficient (Wildman–Crippen LogP) is 3.19. The summed E-state index contributed by atoms with van der Waals surface area (Å²) in [5.74, 6) is 1.05. The Labute approximate surface area is 161 Å². The molecule has 0 bridgehead atoms. The fourth-order valence-corrected chi connectivity index (χ4v) is 3.59. The van der Waals surface area contributed by atoms with Crippen molar-refractivity contribution in [2.75, 3.05) is 20.2 Å². The van der Waals surface area contributed by atoms with Crippen LogP contribution in [-0.2, 0) is 17.8 Å². The predicted molar refractivity (Wildman–Crippen MR) is 107 cm³/mol. The van der Waals surface area contributed by atoms with Crippen molar-refractivity contribution in [1.29, 1.82) is 0 Å². The number of carbonyl (C=O) groups is 1. The highest BCUT2D eigenvalue weighted by atomic mass is 16.5. The lowest BCUT2D eigenvalue weighted by Crippen LogP contribution is -2.40. The molecule has 1 aromatic carbocycles. The van der Waals surface area contributed by atoms with Crippen molar-refractivity contribution in [2.24, 2.45) is 0 Å². The van der Waals surface area contributed by atoms with Gasteiger partial charge in [0.25, 0.3) is 0 Å². The Balaban J connectivity index is 1.66. The Kier molecular flexibility index (Phi) is 7.22. The number of aryl methyl sites for hydroxylation is 1. The van der Waals surface area contributed by atoms with E-state index < -0.39 is 0 Å². The SMILES string of the molecule is COc1ccc(CCC(=O)N(Cc2ccccn2)C2CCCNCC2)cc1. The fourth-order valence-electron chi connectivity index (χ4n) is 3.59. The number of carbonyl (C=O) groups excluding carboxylic acids is 1. The summed E-state index contributed by atoms with van der Waals surface area (Å²) >= 11 is 0. The van der Waals surface area contributed by atoms with Crippen LogP contribution in [0.15, 0.2) is 48.7 Å². The second-order valence-electron chi connectivity index (χ2n) is 7.03. The van der Waals surface area contributed by atoms with Crippen molar-refractivity contribution >= 4 is 5.91 Å². The molecule has 1 amide bonds. The highest BCUT2D eigenvalue weighted by molar-refractivity contribution is 5.76. The average Bonchev–Trinajstić information content (AvgIpc) is 3.01. The van der Waals surface area contributed by atoms with Gasteiger partial charge in [0.2, 0.25) is 5.91 Å². The Morgan fingerprint density at radius 3 is 2.78 bits per heavy atom. The van der Waals surface area contributed by atoms with Gasteiger partial charge in [0, 0.05) is 18.7 Å². The van der Waals surface area contributed by atoms with Crippen LogP contribution in [0.25, 0.3) is 0 Å². The number of ether oxygens (including phenoxy) is 1. The van der Waals surface area contributed by atoms with Gasteiger partial charge < -0.3 is 15.0 Å². The molecule has 0 aliphatic carbocycles. The first-order valence-electron chi connectivity index (χ1n) is 9.79. The molecule has 5 heteroatoms. The lowest BCUT2D eigenvalue weighted by molar-refractivity contribution is -0.134. The van der Waals surface area contributed by atoms with E-state index in [1.807, 2.05) is 42.5 Å². The Bertz CT molecular complexity index is 695. The summed E-state index contributed by atoms with van der Waals surface area (Å²) in [5, 5.41) is 3.44. The van der Waals surface area contributed by atoms with Crippen molar-refractivity contribution in [1.82, 2.24) is 15.2 Å². The van der Waals surface area contributed by atoms with E-state index in [2.05, 4.69) is 15.2 Å². The van der Waals surface area contributed by atoms with E-state index in [1.165, 1.54) is 0 Å². The summed E-state index contributed by atoms with van der Waals surface area (Å²) in [4.78, 5) is 19.6. The minimum Gasteiger partial charge on any atom is -0.497 e. The molecule has 1 atom stereocenters. The van der Waals surface area contributed by atoms with Crippen LogP contribution in [0, 0.1) is 0 Å². The van der Waals surface area contributed by atoms with E-state index in [0.717, 1.165) is 55.8 Å². The molecule has 1 unspecified atom stereocenters. The van der Waals surface area contributed by atoms with Gasteiger partial charge >= 0.3 is 0 Å². The second-order valence-corrected chi connectivity index (χ2v) is 7.03. The van der Waals surface area contributed by atoms with Gasteiger partial charge in [0.15, 0.2) is 0 Å². The van der Waals surface area contributed by atoms with Crippen LogP contribution >= 0.6 is 0 Å². The third kappa shape index (κ3) is 5.79. The number of pyridine rings is 1. The van der Waals surface area contributed by atoms with Gasteiger partial charge in [-0.15, -0.1) is 0 Å². The molecule has 1 N–H and O–H groups in total. The van der Waals surface area contributed by atoms with E-state index in [4.69, 9.17) is 4.74 Å². The summed E-state index contributed by atoms with van der Waals surface area (Å²) in [5.41, 5.74) is 2.11. The van der Waals surface area contributed by atoms with E-state index in [9.17, 15) is 4.79 Å². The molecular weight excluding hydrogens is 338 g/mol. The first-order chi connectivity index (χ1) is 13.3. The second kappa shape index (κ2) is 10.1. The van der Waals surface area contributed by atoms with Crippen molar-refractivity contribution in [3.8, 4) is 5.75 Å². The van der Waals surface area contributed by atoms with Gasteiger partial charge in [-0.3, -0.25) is 9.78 Å². The topological polar surface area (TPSA) is 54.5 Å². The number of hydrogen-bond donors (Lipinski definition) is 1. The van der Waals surface area contributed by atoms with Crippen molar-refractivity contribution in [3.63, 3.8) is 0 Å². The Morgan fingerprint density at radius 2 is 2.04 bits per heavy atom. The van der Waals surface area contributed by atoms with Gasteiger partial charge in [-0.2, -0.15) is 0 Å². The molecule has 3 rings (SSSR count). The zero-order chi connectivity index (χ0) is 18.9. The van der Waals surface area contributed by atoms with Crippen molar-refractivity contribution in [3.05, 3.63) is 59.9 Å². The lowest BCUT2D eigenvalue weighted by atomic mass is 10.0. The van der Waals surface area contributed by atoms with E-state index in [-0.39, 0.29) is 11.9 Å². The Hall–Kier alpha value is -2.40.